The molecule has 0 aliphatic heterocycles. The lowest BCUT2D eigenvalue weighted by atomic mass is 10.0. The molecule has 0 aliphatic rings. The smallest absolute Gasteiger partial charge is 0.387 e. The number of hydrogen-bond donors (Lipinski definition) is 3. The van der Waals surface area contributed by atoms with Crippen molar-refractivity contribution in [2.45, 2.75) is 199 Å². The molecule has 292 valence electrons. The number of phosphoric acid groups is 1. The van der Waals surface area contributed by atoms with Gasteiger partial charge < -0.3 is 19.8 Å². The summed E-state index contributed by atoms with van der Waals surface area (Å²) in [5, 5.41) is 13.8. The number of allylic oxidation sites excluding steroid dienone is 1. The van der Waals surface area contributed by atoms with E-state index >= 15 is 0 Å². The summed E-state index contributed by atoms with van der Waals surface area (Å²) in [6.45, 7) is 4.81. The molecule has 0 saturated heterocycles. The van der Waals surface area contributed by atoms with Crippen molar-refractivity contribution in [1.82, 2.24) is 5.32 Å². The van der Waals surface area contributed by atoms with Gasteiger partial charge in [-0.1, -0.05) is 174 Å². The van der Waals surface area contributed by atoms with Crippen molar-refractivity contribution in [3.05, 3.63) is 12.2 Å². The van der Waals surface area contributed by atoms with Crippen molar-refractivity contribution in [3.8, 4) is 0 Å². The maximum absolute atomic E-state index is 12.8. The van der Waals surface area contributed by atoms with Crippen LogP contribution in [0.5, 0.6) is 0 Å². The van der Waals surface area contributed by atoms with Crippen LogP contribution in [0.2, 0.25) is 0 Å². The number of nitrogens with one attached hydrogen (secondary N) is 1. The maximum Gasteiger partial charge on any atom is 0.472 e. The molecule has 0 spiro atoms. The molecule has 8 nitrogen and oxygen atoms in total. The van der Waals surface area contributed by atoms with Crippen molar-refractivity contribution in [2.75, 3.05) is 40.9 Å². The fraction of sp³-hybridized carbons (Fsp3) is 0.925. The Labute approximate surface area is 303 Å². The highest BCUT2D eigenvalue weighted by Crippen LogP contribution is 2.43. The normalized spacial score (nSPS) is 14.7. The number of rotatable bonds is 37. The molecule has 0 aliphatic carbocycles. The zero-order valence-electron chi connectivity index (χ0n) is 32.9. The van der Waals surface area contributed by atoms with Crippen molar-refractivity contribution in [3.63, 3.8) is 0 Å². The topological polar surface area (TPSA) is 105 Å². The summed E-state index contributed by atoms with van der Waals surface area (Å²) in [5.74, 6) is -0.177. The molecule has 0 aromatic carbocycles. The molecule has 0 fully saturated rings. The molecule has 49 heavy (non-hydrogen) atoms. The van der Waals surface area contributed by atoms with Gasteiger partial charge in [0.1, 0.15) is 13.2 Å². The van der Waals surface area contributed by atoms with Crippen molar-refractivity contribution < 1.29 is 32.9 Å². The zero-order valence-corrected chi connectivity index (χ0v) is 33.8. The van der Waals surface area contributed by atoms with Crippen LogP contribution in [0.3, 0.4) is 0 Å². The lowest BCUT2D eigenvalue weighted by Gasteiger charge is -2.25. The number of aliphatic hydroxyl groups excluding tert-OH is 1. The Morgan fingerprint density at radius 3 is 1.51 bits per heavy atom. The molecule has 9 heteroatoms. The Bertz CT molecular complexity index is 819. The van der Waals surface area contributed by atoms with Gasteiger partial charge in [0.15, 0.2) is 0 Å². The number of carbonyl (C=O) groups excluding carboxylic acids is 1. The zero-order chi connectivity index (χ0) is 36.5. The van der Waals surface area contributed by atoms with E-state index in [4.69, 9.17) is 9.05 Å². The van der Waals surface area contributed by atoms with Gasteiger partial charge in [0.25, 0.3) is 0 Å². The molecule has 0 heterocycles. The summed E-state index contributed by atoms with van der Waals surface area (Å²) >= 11 is 0. The van der Waals surface area contributed by atoms with Gasteiger partial charge in [-0.3, -0.25) is 13.8 Å². The number of carbonyl (C=O) groups is 1. The maximum atomic E-state index is 12.8. The fourth-order valence-electron chi connectivity index (χ4n) is 5.92. The van der Waals surface area contributed by atoms with Crippen LogP contribution in [0.25, 0.3) is 0 Å². The van der Waals surface area contributed by atoms with Crippen LogP contribution in [-0.2, 0) is 18.4 Å². The van der Waals surface area contributed by atoms with E-state index in [1.807, 2.05) is 27.2 Å². The number of unbranched alkanes of at least 4 members (excludes halogenated alkanes) is 24. The minimum atomic E-state index is -4.32. The molecule has 0 aromatic rings. The average molecular weight is 718 g/mol. The molecule has 0 bridgehead atoms. The van der Waals surface area contributed by atoms with Gasteiger partial charge in [-0.2, -0.15) is 0 Å². The Morgan fingerprint density at radius 2 is 1.08 bits per heavy atom. The molecular weight excluding hydrogens is 635 g/mol. The van der Waals surface area contributed by atoms with Crippen molar-refractivity contribution in [2.24, 2.45) is 0 Å². The van der Waals surface area contributed by atoms with Crippen molar-refractivity contribution in [1.29, 1.82) is 0 Å². The fourth-order valence-corrected chi connectivity index (χ4v) is 6.66. The summed E-state index contributed by atoms with van der Waals surface area (Å²) in [6, 6.07) is -0.838. The second-order valence-corrected chi connectivity index (χ2v) is 16.8. The molecule has 0 radical (unpaired) electrons. The highest BCUT2D eigenvalue weighted by molar-refractivity contribution is 7.47. The Morgan fingerprint density at radius 1 is 0.673 bits per heavy atom. The first-order chi connectivity index (χ1) is 23.5. The van der Waals surface area contributed by atoms with Crippen LogP contribution in [0.1, 0.15) is 187 Å². The third-order valence-corrected chi connectivity index (χ3v) is 10.2. The van der Waals surface area contributed by atoms with Crippen LogP contribution < -0.4 is 5.32 Å². The Kier molecular flexibility index (Phi) is 32.6. The van der Waals surface area contributed by atoms with Crippen LogP contribution in [0.15, 0.2) is 12.2 Å². The van der Waals surface area contributed by atoms with Gasteiger partial charge >= 0.3 is 7.82 Å². The standard InChI is InChI=1S/C40H81N2O6P/c1-6-8-10-12-14-16-18-20-21-22-23-25-27-29-31-33-39(43)38(37-48-49(45,46)47-36-35-42(3,4)5)41-40(44)34-32-30-28-26-24-19-17-15-13-11-9-7-2/h31,33,38-39,43H,6-30,32,34-37H2,1-5H3,(H-,41,44,45,46)/p+1/b33-31+/t38-,39+/m0/s1. The molecule has 0 rings (SSSR count). The van der Waals surface area contributed by atoms with Crippen molar-refractivity contribution >= 4 is 13.7 Å². The monoisotopic (exact) mass is 718 g/mol. The SMILES string of the molecule is CCCCCCCCCCCCCCC/C=C/[C@@H](O)[C@H](COP(=O)(O)OCC[N+](C)(C)C)NC(=O)CCCCCCCCCCCCCC. The van der Waals surface area contributed by atoms with Crippen LogP contribution >= 0.6 is 7.82 Å². The van der Waals surface area contributed by atoms with Gasteiger partial charge in [0, 0.05) is 6.42 Å². The number of hydrogen-bond acceptors (Lipinski definition) is 5. The third-order valence-electron chi connectivity index (χ3n) is 9.26. The highest BCUT2D eigenvalue weighted by atomic mass is 31.2. The lowest BCUT2D eigenvalue weighted by molar-refractivity contribution is -0.870. The number of quaternary nitrogens is 1. The molecule has 1 unspecified atom stereocenters. The highest BCUT2D eigenvalue weighted by Gasteiger charge is 2.27. The third kappa shape index (κ3) is 35.4. The minimum absolute atomic E-state index is 0.0643. The summed E-state index contributed by atoms with van der Waals surface area (Å²) in [7, 11) is 1.58. The molecule has 3 atom stereocenters. The van der Waals surface area contributed by atoms with E-state index in [1.165, 1.54) is 128 Å². The Balaban J connectivity index is 4.48. The first-order valence-electron chi connectivity index (χ1n) is 20.6. The number of amides is 1. The number of phosphoric ester groups is 1. The second kappa shape index (κ2) is 33.1. The molecular formula is C40H82N2O6P+. The molecule has 3 N–H and O–H groups in total. The van der Waals surface area contributed by atoms with Gasteiger partial charge in [0.05, 0.1) is 39.9 Å². The van der Waals surface area contributed by atoms with E-state index in [0.29, 0.717) is 17.4 Å². The summed E-state index contributed by atoms with van der Waals surface area (Å²) in [5.41, 5.74) is 0. The van der Waals surface area contributed by atoms with Gasteiger partial charge in [-0.05, 0) is 19.3 Å². The first-order valence-corrected chi connectivity index (χ1v) is 22.1. The van der Waals surface area contributed by atoms with Gasteiger partial charge in [-0.25, -0.2) is 4.57 Å². The molecule has 0 saturated carbocycles. The van der Waals surface area contributed by atoms with Crippen LogP contribution in [-0.4, -0.2) is 73.4 Å². The molecule has 1 amide bonds. The molecule has 0 aromatic heterocycles. The number of aliphatic hydroxyl groups is 1. The Hall–Kier alpha value is -0.760. The second-order valence-electron chi connectivity index (χ2n) is 15.4. The predicted octanol–water partition coefficient (Wildman–Crippen LogP) is 10.8. The largest absolute Gasteiger partial charge is 0.472 e. The van der Waals surface area contributed by atoms with Gasteiger partial charge in [0.2, 0.25) is 5.91 Å². The van der Waals surface area contributed by atoms with E-state index in [-0.39, 0.29) is 19.1 Å². The summed E-state index contributed by atoms with van der Waals surface area (Å²) in [6.07, 6.45) is 35.5. The summed E-state index contributed by atoms with van der Waals surface area (Å²) < 4.78 is 23.5. The lowest BCUT2D eigenvalue weighted by Crippen LogP contribution is -2.45. The van der Waals surface area contributed by atoms with E-state index in [9.17, 15) is 19.4 Å². The van der Waals surface area contributed by atoms with Crippen LogP contribution in [0, 0.1) is 0 Å². The minimum Gasteiger partial charge on any atom is -0.387 e. The van der Waals surface area contributed by atoms with E-state index < -0.39 is 20.0 Å². The van der Waals surface area contributed by atoms with Crippen LogP contribution in [0.4, 0.5) is 0 Å². The quantitative estimate of drug-likeness (QED) is 0.0256. The predicted molar refractivity (Wildman–Crippen MR) is 208 cm³/mol. The number of nitrogens with zero attached hydrogens (tertiary/aromatic N) is 1. The first kappa shape index (κ1) is 48.2. The van der Waals surface area contributed by atoms with E-state index in [1.54, 1.807) is 6.08 Å². The van der Waals surface area contributed by atoms with E-state index in [0.717, 1.165) is 38.5 Å². The number of likely N-dealkylation sites (N-methyl/N-ethyl adjacent to an activating group) is 1. The van der Waals surface area contributed by atoms with E-state index in [2.05, 4.69) is 19.2 Å². The average Bonchev–Trinajstić information content (AvgIpc) is 3.04. The summed E-state index contributed by atoms with van der Waals surface area (Å²) in [4.78, 5) is 23.0. The van der Waals surface area contributed by atoms with Gasteiger partial charge in [-0.15, -0.1) is 0 Å².